The predicted molar refractivity (Wildman–Crippen MR) is 112 cm³/mol. The zero-order chi connectivity index (χ0) is 21.5. The molecule has 0 aliphatic rings. The summed E-state index contributed by atoms with van der Waals surface area (Å²) in [5.74, 6) is 1.27. The van der Waals surface area contributed by atoms with Crippen molar-refractivity contribution in [3.05, 3.63) is 35.5 Å². The number of hydrogen-bond acceptors (Lipinski definition) is 8. The van der Waals surface area contributed by atoms with Gasteiger partial charge in [0.2, 0.25) is 5.95 Å². The van der Waals surface area contributed by atoms with Gasteiger partial charge >= 0.3 is 6.09 Å². The Kier molecular flexibility index (Phi) is 6.79. The summed E-state index contributed by atoms with van der Waals surface area (Å²) in [7, 11) is 2.83. The number of benzene rings is 1. The molecule has 1 aromatic carbocycles. The third-order valence-corrected chi connectivity index (χ3v) is 4.48. The predicted octanol–water partition coefficient (Wildman–Crippen LogP) is 3.09. The molecule has 1 amide bonds. The minimum absolute atomic E-state index is 0.126. The molecular formula is C20H24N6O4. The first-order chi connectivity index (χ1) is 14.6. The maximum atomic E-state index is 11.6. The molecule has 30 heavy (non-hydrogen) atoms. The molecule has 3 rings (SSSR count). The number of rotatable bonds is 9. The number of ether oxygens (including phenoxy) is 2. The number of nitrogens with zero attached hydrogens (tertiary/aromatic N) is 4. The Morgan fingerprint density at radius 3 is 2.80 bits per heavy atom. The molecule has 0 atom stereocenters. The van der Waals surface area contributed by atoms with E-state index in [-0.39, 0.29) is 5.95 Å². The van der Waals surface area contributed by atoms with E-state index in [0.717, 1.165) is 24.7 Å². The van der Waals surface area contributed by atoms with E-state index in [1.54, 1.807) is 30.1 Å². The van der Waals surface area contributed by atoms with Gasteiger partial charge < -0.3 is 14.8 Å². The summed E-state index contributed by atoms with van der Waals surface area (Å²) in [6.07, 6.45) is 3.71. The Hall–Kier alpha value is -3.69. The Labute approximate surface area is 173 Å². The summed E-state index contributed by atoms with van der Waals surface area (Å²) >= 11 is 0. The van der Waals surface area contributed by atoms with Crippen molar-refractivity contribution in [3.63, 3.8) is 0 Å². The zero-order valence-corrected chi connectivity index (χ0v) is 17.1. The van der Waals surface area contributed by atoms with E-state index in [0.29, 0.717) is 41.3 Å². The minimum Gasteiger partial charge on any atom is -0.496 e. The topological polar surface area (TPSA) is 120 Å². The number of amides is 1. The fourth-order valence-corrected chi connectivity index (χ4v) is 2.95. The van der Waals surface area contributed by atoms with E-state index >= 15 is 0 Å². The second-order valence-electron chi connectivity index (χ2n) is 6.52. The molecule has 0 fully saturated rings. The van der Waals surface area contributed by atoms with Crippen molar-refractivity contribution in [2.45, 2.75) is 26.3 Å². The van der Waals surface area contributed by atoms with Gasteiger partial charge in [-0.3, -0.25) is 14.8 Å². The lowest BCUT2D eigenvalue weighted by atomic mass is 10.1. The molecule has 3 aromatic rings. The lowest BCUT2D eigenvalue weighted by Gasteiger charge is -2.13. The number of anilines is 2. The fraction of sp³-hybridized carbons (Fsp3) is 0.350. The van der Waals surface area contributed by atoms with Crippen LogP contribution in [0.1, 0.15) is 35.7 Å². The molecule has 2 N–H and O–H groups in total. The molecule has 10 nitrogen and oxygen atoms in total. The molecule has 10 heteroatoms. The molecule has 0 saturated heterocycles. The lowest BCUT2D eigenvalue weighted by molar-refractivity contribution is 0.112. The Bertz CT molecular complexity index is 1050. The highest BCUT2D eigenvalue weighted by molar-refractivity contribution is 5.89. The van der Waals surface area contributed by atoms with Gasteiger partial charge in [0.15, 0.2) is 5.82 Å². The normalized spacial score (nSPS) is 10.6. The summed E-state index contributed by atoms with van der Waals surface area (Å²) < 4.78 is 11.8. The summed E-state index contributed by atoms with van der Waals surface area (Å²) in [5.41, 5.74) is 2.65. The molecule has 0 saturated carbocycles. The summed E-state index contributed by atoms with van der Waals surface area (Å²) in [5, 5.41) is 10.2. The highest BCUT2D eigenvalue weighted by atomic mass is 16.5. The summed E-state index contributed by atoms with van der Waals surface area (Å²) in [4.78, 5) is 31.4. The van der Waals surface area contributed by atoms with Crippen LogP contribution >= 0.6 is 0 Å². The van der Waals surface area contributed by atoms with Gasteiger partial charge in [-0.05, 0) is 12.5 Å². The van der Waals surface area contributed by atoms with Gasteiger partial charge in [-0.1, -0.05) is 25.5 Å². The van der Waals surface area contributed by atoms with Crippen LogP contribution < -0.4 is 15.4 Å². The SMILES string of the molecule is CCCCNc1nc(NC(=O)OC)nc2cnn(Cc3ccc(C=O)cc3OC)c12. The molecule has 0 radical (unpaired) electrons. The minimum atomic E-state index is -0.652. The summed E-state index contributed by atoms with van der Waals surface area (Å²) in [6.45, 7) is 3.20. The first-order valence-corrected chi connectivity index (χ1v) is 9.54. The molecule has 0 spiro atoms. The van der Waals surface area contributed by atoms with Crippen LogP contribution in [-0.4, -0.2) is 52.9 Å². The molecule has 0 aliphatic heterocycles. The molecule has 0 bridgehead atoms. The highest BCUT2D eigenvalue weighted by Crippen LogP contribution is 2.26. The number of carbonyl (C=O) groups is 2. The number of hydrogen-bond donors (Lipinski definition) is 2. The van der Waals surface area contributed by atoms with Crippen LogP contribution in [0.4, 0.5) is 16.6 Å². The standard InChI is InChI=1S/C20H24N6O4/c1-4-5-8-21-18-17-15(23-19(24-18)25-20(28)30-3)10-22-26(17)11-14-7-6-13(12-27)9-16(14)29-2/h6-7,9-10,12H,4-5,8,11H2,1-3H3,(H2,21,23,24,25,28). The van der Waals surface area contributed by atoms with Crippen LogP contribution in [-0.2, 0) is 11.3 Å². The van der Waals surface area contributed by atoms with Crippen LogP contribution in [0, 0.1) is 0 Å². The van der Waals surface area contributed by atoms with Gasteiger partial charge in [-0.2, -0.15) is 10.1 Å². The van der Waals surface area contributed by atoms with Crippen molar-refractivity contribution in [3.8, 4) is 5.75 Å². The molecule has 2 heterocycles. The van der Waals surface area contributed by atoms with Gasteiger partial charge in [0.05, 0.1) is 27.0 Å². The molecule has 0 unspecified atom stereocenters. The average molecular weight is 412 g/mol. The van der Waals surface area contributed by atoms with Gasteiger partial charge in [0, 0.05) is 17.7 Å². The van der Waals surface area contributed by atoms with Crippen LogP contribution in [0.2, 0.25) is 0 Å². The number of unbranched alkanes of at least 4 members (excludes halogenated alkanes) is 1. The molecular weight excluding hydrogens is 388 g/mol. The molecule has 158 valence electrons. The lowest BCUT2D eigenvalue weighted by Crippen LogP contribution is -2.15. The van der Waals surface area contributed by atoms with Gasteiger partial charge in [-0.25, -0.2) is 9.78 Å². The van der Waals surface area contributed by atoms with Crippen LogP contribution in [0.3, 0.4) is 0 Å². The zero-order valence-electron chi connectivity index (χ0n) is 17.1. The van der Waals surface area contributed by atoms with E-state index in [4.69, 9.17) is 4.74 Å². The third-order valence-electron chi connectivity index (χ3n) is 4.48. The number of nitrogens with one attached hydrogen (secondary N) is 2. The second-order valence-corrected chi connectivity index (χ2v) is 6.52. The van der Waals surface area contributed by atoms with E-state index in [9.17, 15) is 9.59 Å². The maximum absolute atomic E-state index is 11.6. The van der Waals surface area contributed by atoms with E-state index < -0.39 is 6.09 Å². The van der Waals surface area contributed by atoms with E-state index in [1.807, 2.05) is 6.07 Å². The van der Waals surface area contributed by atoms with Crippen molar-refractivity contribution in [2.75, 3.05) is 31.4 Å². The van der Waals surface area contributed by atoms with Crippen LogP contribution in [0.15, 0.2) is 24.4 Å². The Morgan fingerprint density at radius 1 is 1.27 bits per heavy atom. The van der Waals surface area contributed by atoms with E-state index in [1.165, 1.54) is 7.11 Å². The van der Waals surface area contributed by atoms with Gasteiger partial charge in [0.25, 0.3) is 0 Å². The second kappa shape index (κ2) is 9.68. The van der Waals surface area contributed by atoms with Crippen molar-refractivity contribution in [1.29, 1.82) is 0 Å². The van der Waals surface area contributed by atoms with Crippen molar-refractivity contribution in [2.24, 2.45) is 0 Å². The van der Waals surface area contributed by atoms with Crippen LogP contribution in [0.25, 0.3) is 11.0 Å². The largest absolute Gasteiger partial charge is 0.496 e. The number of methoxy groups -OCH3 is 2. The number of aldehydes is 1. The number of aromatic nitrogens is 4. The van der Waals surface area contributed by atoms with Crippen molar-refractivity contribution in [1.82, 2.24) is 19.7 Å². The number of fused-ring (bicyclic) bond motifs is 1. The fourth-order valence-electron chi connectivity index (χ4n) is 2.95. The van der Waals surface area contributed by atoms with E-state index in [2.05, 4.69) is 37.4 Å². The monoisotopic (exact) mass is 412 g/mol. The van der Waals surface area contributed by atoms with Gasteiger partial charge in [0.1, 0.15) is 23.1 Å². The smallest absolute Gasteiger partial charge is 0.413 e. The summed E-state index contributed by atoms with van der Waals surface area (Å²) in [6, 6.07) is 5.24. The molecule has 2 aromatic heterocycles. The van der Waals surface area contributed by atoms with Crippen molar-refractivity contribution >= 4 is 35.2 Å². The average Bonchev–Trinajstić information content (AvgIpc) is 3.16. The Morgan fingerprint density at radius 2 is 2.10 bits per heavy atom. The first kappa shape index (κ1) is 21.0. The highest BCUT2D eigenvalue weighted by Gasteiger charge is 2.16. The van der Waals surface area contributed by atoms with Crippen LogP contribution in [0.5, 0.6) is 5.75 Å². The van der Waals surface area contributed by atoms with Gasteiger partial charge in [-0.15, -0.1) is 0 Å². The van der Waals surface area contributed by atoms with Crippen molar-refractivity contribution < 1.29 is 19.1 Å². The maximum Gasteiger partial charge on any atom is 0.413 e. The third kappa shape index (κ3) is 4.65. The molecule has 0 aliphatic carbocycles. The quantitative estimate of drug-likeness (QED) is 0.406. The number of carbonyl (C=O) groups excluding carboxylic acids is 2. The Balaban J connectivity index is 2.01. The first-order valence-electron chi connectivity index (χ1n) is 9.54.